The van der Waals surface area contributed by atoms with E-state index in [0.717, 1.165) is 20.4 Å². The van der Waals surface area contributed by atoms with Crippen molar-refractivity contribution in [2.45, 2.75) is 6.18 Å². The molecule has 20 heavy (non-hydrogen) atoms. The van der Waals surface area contributed by atoms with Crippen LogP contribution in [0, 0.1) is 0 Å². The van der Waals surface area contributed by atoms with Crippen molar-refractivity contribution in [2.24, 2.45) is 4.99 Å². The number of fused-ring (bicyclic) bond motifs is 1. The molecule has 1 heterocycles. The lowest BCUT2D eigenvalue weighted by atomic mass is 10.2. The molecule has 102 valence electrons. The first-order chi connectivity index (χ1) is 9.52. The zero-order valence-electron chi connectivity index (χ0n) is 10.0. The number of alkyl halides is 3. The molecule has 0 fully saturated rings. The maximum absolute atomic E-state index is 12.7. The van der Waals surface area contributed by atoms with Crippen LogP contribution in [-0.4, -0.2) is 0 Å². The van der Waals surface area contributed by atoms with E-state index in [9.17, 15) is 13.2 Å². The molecule has 2 aromatic carbocycles. The van der Waals surface area contributed by atoms with E-state index in [2.05, 4.69) is 4.99 Å². The quantitative estimate of drug-likeness (QED) is 0.584. The predicted molar refractivity (Wildman–Crippen MR) is 76.4 cm³/mol. The van der Waals surface area contributed by atoms with Gasteiger partial charge in [-0.25, -0.2) is 4.99 Å². The number of hydrogen-bond acceptors (Lipinski definition) is 3. The zero-order valence-corrected chi connectivity index (χ0v) is 11.6. The average molecular weight is 311 g/mol. The first-order valence-electron chi connectivity index (χ1n) is 5.73. The minimum atomic E-state index is -4.31. The summed E-state index contributed by atoms with van der Waals surface area (Å²) in [6.07, 6.45) is -4.31. The van der Waals surface area contributed by atoms with E-state index in [-0.39, 0.29) is 0 Å². The molecule has 0 spiro atoms. The first kappa shape index (κ1) is 13.3. The van der Waals surface area contributed by atoms with Gasteiger partial charge in [0, 0.05) is 9.40 Å². The van der Waals surface area contributed by atoms with Gasteiger partial charge in [-0.15, -0.1) is 22.7 Å². The minimum absolute atomic E-state index is 0.611. The van der Waals surface area contributed by atoms with E-state index in [1.807, 2.05) is 30.3 Å². The summed E-state index contributed by atoms with van der Waals surface area (Å²) in [4.78, 5) is 4.43. The second-order valence-corrected chi connectivity index (χ2v) is 6.40. The van der Waals surface area contributed by atoms with Crippen LogP contribution < -0.4 is 3.98 Å². The third kappa shape index (κ3) is 2.76. The number of halogens is 3. The lowest BCUT2D eigenvalue weighted by Gasteiger charge is -2.05. The van der Waals surface area contributed by atoms with E-state index in [0.29, 0.717) is 4.70 Å². The molecule has 0 N–H and O–H groups in total. The average Bonchev–Trinajstić information content (AvgIpc) is 2.80. The molecule has 0 atom stereocenters. The molecule has 0 radical (unpaired) electrons. The summed E-state index contributed by atoms with van der Waals surface area (Å²) in [6.45, 7) is 0. The Morgan fingerprint density at radius 3 is 2.25 bits per heavy atom. The number of rotatable bonds is 1. The number of hydrogen-bond donors (Lipinski definition) is 0. The van der Waals surface area contributed by atoms with E-state index in [4.69, 9.17) is 0 Å². The molecule has 0 saturated carbocycles. The maximum Gasteiger partial charge on any atom is 0.416 e. The molecule has 0 aliphatic heterocycles. The monoisotopic (exact) mass is 311 g/mol. The van der Waals surface area contributed by atoms with Crippen LogP contribution in [0.3, 0.4) is 0 Å². The summed E-state index contributed by atoms with van der Waals surface area (Å²) in [6, 6.07) is 13.2. The molecular weight excluding hydrogens is 303 g/mol. The summed E-state index contributed by atoms with van der Waals surface area (Å²) in [5.41, 5.74) is 0.177. The van der Waals surface area contributed by atoms with Gasteiger partial charge in [0.15, 0.2) is 3.98 Å². The fourth-order valence-corrected chi connectivity index (χ4v) is 3.99. The Kier molecular flexibility index (Phi) is 3.35. The molecule has 3 aromatic rings. The van der Waals surface area contributed by atoms with Crippen LogP contribution in [-0.2, 0) is 6.18 Å². The van der Waals surface area contributed by atoms with Gasteiger partial charge in [0.25, 0.3) is 0 Å². The van der Waals surface area contributed by atoms with Gasteiger partial charge in [-0.1, -0.05) is 18.2 Å². The molecular formula is C14H8F3NS2. The molecule has 0 aliphatic rings. The second-order valence-electron chi connectivity index (χ2n) is 4.08. The Morgan fingerprint density at radius 2 is 1.55 bits per heavy atom. The van der Waals surface area contributed by atoms with Crippen molar-refractivity contribution in [1.82, 2.24) is 0 Å². The Hall–Kier alpha value is -1.66. The topological polar surface area (TPSA) is 12.4 Å². The summed E-state index contributed by atoms with van der Waals surface area (Å²) in [5, 5.41) is 0. The number of nitrogens with zero attached hydrogens (tertiary/aromatic N) is 1. The van der Waals surface area contributed by atoms with Crippen LogP contribution in [0.4, 0.5) is 18.9 Å². The standard InChI is InChI=1S/C14H8F3NS2/c15-14(16,17)9-6-7-11-12(8-9)20-13(19-11)18-10-4-2-1-3-5-10/h1-8H. The van der Waals surface area contributed by atoms with E-state index in [1.54, 1.807) is 0 Å². The van der Waals surface area contributed by atoms with Gasteiger partial charge in [-0.2, -0.15) is 13.2 Å². The normalized spacial score (nSPS) is 13.1. The van der Waals surface area contributed by atoms with Gasteiger partial charge >= 0.3 is 6.18 Å². The van der Waals surface area contributed by atoms with Crippen molar-refractivity contribution < 1.29 is 13.2 Å². The number of para-hydroxylation sites is 1. The van der Waals surface area contributed by atoms with Crippen molar-refractivity contribution in [2.75, 3.05) is 0 Å². The summed E-state index contributed by atoms with van der Waals surface area (Å²) >= 11 is 2.67. The molecule has 0 saturated heterocycles. The fraction of sp³-hybridized carbons (Fsp3) is 0.0714. The van der Waals surface area contributed by atoms with Gasteiger partial charge in [0.2, 0.25) is 0 Å². The highest BCUT2D eigenvalue weighted by atomic mass is 32.2. The molecule has 0 bridgehead atoms. The lowest BCUT2D eigenvalue weighted by molar-refractivity contribution is -0.137. The number of benzene rings is 2. The van der Waals surface area contributed by atoms with Crippen molar-refractivity contribution in [1.29, 1.82) is 0 Å². The first-order valence-corrected chi connectivity index (χ1v) is 7.36. The molecule has 0 amide bonds. The highest BCUT2D eigenvalue weighted by Crippen LogP contribution is 2.33. The van der Waals surface area contributed by atoms with Crippen LogP contribution in [0.25, 0.3) is 9.40 Å². The molecule has 6 heteroatoms. The van der Waals surface area contributed by atoms with Crippen molar-refractivity contribution in [3.8, 4) is 0 Å². The Bertz CT molecular complexity index is 800. The van der Waals surface area contributed by atoms with Gasteiger partial charge in [-0.3, -0.25) is 0 Å². The SMILES string of the molecule is FC(F)(F)c1ccc2sc(=Nc3ccccc3)sc2c1. The Balaban J connectivity index is 2.10. The minimum Gasteiger partial charge on any atom is -0.228 e. The molecule has 1 nitrogen and oxygen atoms in total. The zero-order chi connectivity index (χ0) is 14.2. The highest BCUT2D eigenvalue weighted by molar-refractivity contribution is 7.35. The van der Waals surface area contributed by atoms with Gasteiger partial charge in [0.1, 0.15) is 0 Å². The third-order valence-electron chi connectivity index (χ3n) is 2.64. The molecule has 0 aliphatic carbocycles. The predicted octanol–water partition coefficient (Wildman–Crippen LogP) is 5.21. The largest absolute Gasteiger partial charge is 0.416 e. The third-order valence-corrected chi connectivity index (χ3v) is 4.94. The van der Waals surface area contributed by atoms with Crippen LogP contribution in [0.1, 0.15) is 5.56 Å². The fourth-order valence-electron chi connectivity index (χ4n) is 1.71. The summed E-state index contributed by atoms with van der Waals surface area (Å²) in [5.74, 6) is 0. The summed E-state index contributed by atoms with van der Waals surface area (Å²) in [7, 11) is 0. The van der Waals surface area contributed by atoms with Crippen molar-refractivity contribution >= 4 is 37.8 Å². The summed E-state index contributed by atoms with van der Waals surface area (Å²) < 4.78 is 40.1. The van der Waals surface area contributed by atoms with Crippen LogP contribution in [0.5, 0.6) is 0 Å². The van der Waals surface area contributed by atoms with Gasteiger partial charge in [-0.05, 0) is 30.3 Å². The maximum atomic E-state index is 12.7. The molecule has 0 unspecified atom stereocenters. The van der Waals surface area contributed by atoms with E-state index < -0.39 is 11.7 Å². The lowest BCUT2D eigenvalue weighted by Crippen LogP contribution is -2.03. The molecule has 1 aromatic heterocycles. The Labute approximate surface area is 120 Å². The van der Waals surface area contributed by atoms with Gasteiger partial charge in [0.05, 0.1) is 11.3 Å². The van der Waals surface area contributed by atoms with Crippen molar-refractivity contribution in [3.05, 3.63) is 58.1 Å². The van der Waals surface area contributed by atoms with E-state index >= 15 is 0 Å². The van der Waals surface area contributed by atoms with Gasteiger partial charge < -0.3 is 0 Å². The van der Waals surface area contributed by atoms with Crippen LogP contribution >= 0.6 is 22.7 Å². The van der Waals surface area contributed by atoms with E-state index in [1.165, 1.54) is 34.8 Å². The highest BCUT2D eigenvalue weighted by Gasteiger charge is 2.30. The van der Waals surface area contributed by atoms with Crippen molar-refractivity contribution in [3.63, 3.8) is 0 Å². The van der Waals surface area contributed by atoms with Crippen LogP contribution in [0.2, 0.25) is 0 Å². The second kappa shape index (κ2) is 5.03. The van der Waals surface area contributed by atoms with Crippen LogP contribution in [0.15, 0.2) is 53.5 Å². The Morgan fingerprint density at radius 1 is 0.850 bits per heavy atom. The smallest absolute Gasteiger partial charge is 0.228 e. The molecule has 3 rings (SSSR count).